The Kier molecular flexibility index (Phi) is 3.44. The van der Waals surface area contributed by atoms with Gasteiger partial charge in [-0.2, -0.15) is 0 Å². The second-order valence-electron chi connectivity index (χ2n) is 5.12. The van der Waals surface area contributed by atoms with E-state index in [0.29, 0.717) is 12.2 Å². The van der Waals surface area contributed by atoms with E-state index in [1.807, 2.05) is 48.3 Å². The lowest BCUT2D eigenvalue weighted by molar-refractivity contribution is -0.671. The SMILES string of the molecule is CC(=O)Oc1c(Cc2cc[n+](C)cc2)[nH]c2ccccc12. The van der Waals surface area contributed by atoms with Crippen molar-refractivity contribution in [3.63, 3.8) is 0 Å². The summed E-state index contributed by atoms with van der Waals surface area (Å²) in [4.78, 5) is 14.7. The van der Waals surface area contributed by atoms with Crippen LogP contribution in [0.2, 0.25) is 0 Å². The number of carbonyl (C=O) groups is 1. The molecule has 0 saturated heterocycles. The number of hydrogen-bond acceptors (Lipinski definition) is 2. The number of aryl methyl sites for hydroxylation is 1. The topological polar surface area (TPSA) is 46.0 Å². The summed E-state index contributed by atoms with van der Waals surface area (Å²) in [6, 6.07) is 12.0. The summed E-state index contributed by atoms with van der Waals surface area (Å²) < 4.78 is 7.41. The third-order valence-electron chi connectivity index (χ3n) is 3.41. The minimum atomic E-state index is -0.305. The van der Waals surface area contributed by atoms with Crippen molar-refractivity contribution in [2.45, 2.75) is 13.3 Å². The Morgan fingerprint density at radius 2 is 1.90 bits per heavy atom. The van der Waals surface area contributed by atoms with Gasteiger partial charge in [0.2, 0.25) is 0 Å². The van der Waals surface area contributed by atoms with Crippen LogP contribution in [-0.2, 0) is 18.3 Å². The summed E-state index contributed by atoms with van der Waals surface area (Å²) in [5, 5.41) is 0.934. The van der Waals surface area contributed by atoms with Crippen molar-refractivity contribution in [2.75, 3.05) is 0 Å². The molecule has 0 fully saturated rings. The van der Waals surface area contributed by atoms with Crippen LogP contribution in [-0.4, -0.2) is 11.0 Å². The van der Waals surface area contributed by atoms with Gasteiger partial charge in [0.05, 0.1) is 5.69 Å². The van der Waals surface area contributed by atoms with Crippen LogP contribution < -0.4 is 9.30 Å². The van der Waals surface area contributed by atoms with Gasteiger partial charge >= 0.3 is 5.97 Å². The van der Waals surface area contributed by atoms with E-state index in [9.17, 15) is 4.79 Å². The van der Waals surface area contributed by atoms with Gasteiger partial charge in [-0.05, 0) is 17.7 Å². The highest BCUT2D eigenvalue weighted by atomic mass is 16.5. The molecule has 2 heterocycles. The number of benzene rings is 1. The zero-order chi connectivity index (χ0) is 14.8. The Morgan fingerprint density at radius 3 is 2.62 bits per heavy atom. The van der Waals surface area contributed by atoms with Gasteiger partial charge in [0.15, 0.2) is 18.1 Å². The van der Waals surface area contributed by atoms with Crippen LogP contribution in [0.3, 0.4) is 0 Å². The molecular weight excluding hydrogens is 264 g/mol. The van der Waals surface area contributed by atoms with Crippen LogP contribution in [0.1, 0.15) is 18.2 Å². The Balaban J connectivity index is 2.04. The second-order valence-corrected chi connectivity index (χ2v) is 5.12. The number of fused-ring (bicyclic) bond motifs is 1. The zero-order valence-electron chi connectivity index (χ0n) is 12.1. The molecule has 2 aromatic heterocycles. The Morgan fingerprint density at radius 1 is 1.19 bits per heavy atom. The van der Waals surface area contributed by atoms with Gasteiger partial charge in [0, 0.05) is 36.4 Å². The number of ether oxygens (including phenoxy) is 1. The van der Waals surface area contributed by atoms with E-state index < -0.39 is 0 Å². The quantitative estimate of drug-likeness (QED) is 0.592. The number of nitrogens with zero attached hydrogens (tertiary/aromatic N) is 1. The van der Waals surface area contributed by atoms with Crippen LogP contribution in [0, 0.1) is 0 Å². The van der Waals surface area contributed by atoms with Crippen molar-refractivity contribution in [3.05, 3.63) is 60.0 Å². The maximum atomic E-state index is 11.4. The Bertz CT molecular complexity index is 788. The maximum absolute atomic E-state index is 11.4. The first kappa shape index (κ1) is 13.4. The second kappa shape index (κ2) is 5.40. The number of hydrogen-bond donors (Lipinski definition) is 1. The van der Waals surface area contributed by atoms with Crippen molar-refractivity contribution in [2.24, 2.45) is 7.05 Å². The first-order valence-electron chi connectivity index (χ1n) is 6.85. The van der Waals surface area contributed by atoms with E-state index in [2.05, 4.69) is 17.1 Å². The molecule has 0 bridgehead atoms. The Labute approximate surface area is 123 Å². The molecule has 1 aromatic carbocycles. The number of pyridine rings is 1. The van der Waals surface area contributed by atoms with E-state index in [1.165, 1.54) is 6.92 Å². The van der Waals surface area contributed by atoms with Crippen LogP contribution in [0.5, 0.6) is 5.75 Å². The van der Waals surface area contributed by atoms with E-state index in [0.717, 1.165) is 22.2 Å². The highest BCUT2D eigenvalue weighted by molar-refractivity contribution is 5.90. The Hall–Kier alpha value is -2.62. The van der Waals surface area contributed by atoms with E-state index in [-0.39, 0.29) is 5.97 Å². The summed E-state index contributed by atoms with van der Waals surface area (Å²) >= 11 is 0. The summed E-state index contributed by atoms with van der Waals surface area (Å²) in [5.41, 5.74) is 3.05. The van der Waals surface area contributed by atoms with Gasteiger partial charge in [-0.15, -0.1) is 0 Å². The molecule has 3 aromatic rings. The highest BCUT2D eigenvalue weighted by Crippen LogP contribution is 2.31. The molecule has 0 atom stereocenters. The molecule has 3 rings (SSSR count). The van der Waals surface area contributed by atoms with Gasteiger partial charge in [0.1, 0.15) is 7.05 Å². The van der Waals surface area contributed by atoms with Crippen LogP contribution >= 0.6 is 0 Å². The van der Waals surface area contributed by atoms with Crippen LogP contribution in [0.15, 0.2) is 48.8 Å². The normalized spacial score (nSPS) is 10.8. The molecule has 0 aliphatic carbocycles. The van der Waals surface area contributed by atoms with Crippen molar-refractivity contribution < 1.29 is 14.1 Å². The smallest absolute Gasteiger partial charge is 0.308 e. The third-order valence-corrected chi connectivity index (χ3v) is 3.41. The minimum Gasteiger partial charge on any atom is -0.424 e. The number of H-pyrrole nitrogens is 1. The molecule has 4 heteroatoms. The molecule has 0 radical (unpaired) electrons. The largest absolute Gasteiger partial charge is 0.424 e. The van der Waals surface area contributed by atoms with Crippen molar-refractivity contribution in [3.8, 4) is 5.75 Å². The number of carbonyl (C=O) groups excluding carboxylic acids is 1. The predicted molar refractivity (Wildman–Crippen MR) is 80.0 cm³/mol. The first-order valence-corrected chi connectivity index (χ1v) is 6.85. The van der Waals surface area contributed by atoms with Crippen molar-refractivity contribution in [1.29, 1.82) is 0 Å². The fraction of sp³-hybridized carbons (Fsp3) is 0.176. The molecular formula is C17H17N2O2+. The molecule has 0 spiro atoms. The molecule has 0 aliphatic heterocycles. The molecule has 0 saturated carbocycles. The highest BCUT2D eigenvalue weighted by Gasteiger charge is 2.15. The van der Waals surface area contributed by atoms with Crippen molar-refractivity contribution >= 4 is 16.9 Å². The standard InChI is InChI=1S/C17H17N2O2/c1-12(20)21-17-14-5-3-4-6-15(14)18-16(17)11-13-7-9-19(2)10-8-13/h3-10,18H,11H2,1-2H3/q+1. The monoisotopic (exact) mass is 281 g/mol. The number of rotatable bonds is 3. The summed E-state index contributed by atoms with van der Waals surface area (Å²) in [5.74, 6) is 0.326. The lowest BCUT2D eigenvalue weighted by Gasteiger charge is -2.04. The predicted octanol–water partition coefficient (Wildman–Crippen LogP) is 2.51. The van der Waals surface area contributed by atoms with Crippen LogP contribution in [0.4, 0.5) is 0 Å². The van der Waals surface area contributed by atoms with Gasteiger partial charge in [-0.25, -0.2) is 4.57 Å². The van der Waals surface area contributed by atoms with Crippen LogP contribution in [0.25, 0.3) is 10.9 Å². The fourth-order valence-electron chi connectivity index (χ4n) is 2.41. The van der Waals surface area contributed by atoms with Gasteiger partial charge in [-0.3, -0.25) is 4.79 Å². The summed E-state index contributed by atoms with van der Waals surface area (Å²) in [7, 11) is 1.98. The van der Waals surface area contributed by atoms with E-state index in [4.69, 9.17) is 4.74 Å². The lowest BCUT2D eigenvalue weighted by atomic mass is 10.1. The number of aromatic amines is 1. The van der Waals surface area contributed by atoms with E-state index in [1.54, 1.807) is 0 Å². The van der Waals surface area contributed by atoms with Gasteiger partial charge in [0.25, 0.3) is 0 Å². The molecule has 21 heavy (non-hydrogen) atoms. The van der Waals surface area contributed by atoms with Gasteiger partial charge in [-0.1, -0.05) is 12.1 Å². The molecule has 4 nitrogen and oxygen atoms in total. The maximum Gasteiger partial charge on any atom is 0.308 e. The van der Waals surface area contributed by atoms with E-state index >= 15 is 0 Å². The number of nitrogens with one attached hydrogen (secondary N) is 1. The molecule has 0 amide bonds. The molecule has 0 unspecified atom stereocenters. The minimum absolute atomic E-state index is 0.305. The average molecular weight is 281 g/mol. The number of aromatic nitrogens is 2. The van der Waals surface area contributed by atoms with Crippen molar-refractivity contribution in [1.82, 2.24) is 4.98 Å². The molecule has 0 aliphatic rings. The number of esters is 1. The zero-order valence-corrected chi connectivity index (χ0v) is 12.1. The van der Waals surface area contributed by atoms with Gasteiger partial charge < -0.3 is 9.72 Å². The number of para-hydroxylation sites is 1. The summed E-state index contributed by atoms with van der Waals surface area (Å²) in [6.45, 7) is 1.42. The fourth-order valence-corrected chi connectivity index (χ4v) is 2.41. The lowest BCUT2D eigenvalue weighted by Crippen LogP contribution is -2.25. The summed E-state index contributed by atoms with van der Waals surface area (Å²) in [6.07, 6.45) is 4.70. The molecule has 1 N–H and O–H groups in total. The average Bonchev–Trinajstić information content (AvgIpc) is 2.79. The first-order chi connectivity index (χ1) is 10.1. The third kappa shape index (κ3) is 2.79. The molecule has 106 valence electrons.